The first-order chi connectivity index (χ1) is 12.2. The molecule has 0 amide bonds. The molecule has 5 nitrogen and oxygen atoms in total. The predicted octanol–water partition coefficient (Wildman–Crippen LogP) is 4.04. The average Bonchev–Trinajstić information content (AvgIpc) is 3.25. The van der Waals surface area contributed by atoms with Crippen molar-refractivity contribution in [3.8, 4) is 11.5 Å². The molecule has 2 aromatic heterocycles. The van der Waals surface area contributed by atoms with Gasteiger partial charge in [0.2, 0.25) is 0 Å². The lowest BCUT2D eigenvalue weighted by Crippen LogP contribution is -2.31. The normalized spacial score (nSPS) is 16.1. The van der Waals surface area contributed by atoms with Gasteiger partial charge < -0.3 is 9.88 Å². The van der Waals surface area contributed by atoms with Crippen molar-refractivity contribution in [3.63, 3.8) is 0 Å². The van der Waals surface area contributed by atoms with Crippen LogP contribution in [0.5, 0.6) is 0 Å². The fraction of sp³-hybridized carbons (Fsp3) is 0.500. The Balaban J connectivity index is 1.56. The molecule has 3 aromatic rings. The Bertz CT molecular complexity index is 839. The minimum Gasteiger partial charge on any atom is -0.340 e. The summed E-state index contributed by atoms with van der Waals surface area (Å²) in [6, 6.07) is 8.72. The Morgan fingerprint density at radius 1 is 1.12 bits per heavy atom. The number of rotatable bonds is 5. The first kappa shape index (κ1) is 16.3. The highest BCUT2D eigenvalue weighted by Crippen LogP contribution is 2.28. The van der Waals surface area contributed by atoms with Gasteiger partial charge in [-0.05, 0) is 45.8 Å². The minimum atomic E-state index is 0.326. The maximum Gasteiger partial charge on any atom is 0.158 e. The van der Waals surface area contributed by atoms with Crippen LogP contribution < -0.4 is 0 Å². The number of likely N-dealkylation sites (tertiary alicyclic amines) is 1. The van der Waals surface area contributed by atoms with Crippen molar-refractivity contribution in [1.29, 1.82) is 0 Å². The Hall–Kier alpha value is -2.14. The van der Waals surface area contributed by atoms with E-state index in [1.54, 1.807) is 0 Å². The second-order valence-electron chi connectivity index (χ2n) is 7.31. The van der Waals surface area contributed by atoms with Crippen LogP contribution in [0.3, 0.4) is 0 Å². The van der Waals surface area contributed by atoms with E-state index < -0.39 is 0 Å². The predicted molar refractivity (Wildman–Crippen MR) is 102 cm³/mol. The third kappa shape index (κ3) is 3.33. The highest BCUT2D eigenvalue weighted by atomic mass is 15.3. The Labute approximate surface area is 149 Å². The average molecular weight is 337 g/mol. The number of para-hydroxylation sites is 1. The molecule has 1 aliphatic heterocycles. The molecule has 1 saturated heterocycles. The zero-order valence-corrected chi connectivity index (χ0v) is 15.2. The molecule has 132 valence electrons. The van der Waals surface area contributed by atoms with Gasteiger partial charge >= 0.3 is 0 Å². The third-order valence-electron chi connectivity index (χ3n) is 5.10. The van der Waals surface area contributed by atoms with Crippen LogP contribution in [0.4, 0.5) is 0 Å². The summed E-state index contributed by atoms with van der Waals surface area (Å²) in [5.41, 5.74) is 3.32. The van der Waals surface area contributed by atoms with E-state index in [1.807, 2.05) is 6.20 Å². The summed E-state index contributed by atoms with van der Waals surface area (Å²) in [5.74, 6) is 0.879. The maximum absolute atomic E-state index is 4.83. The largest absolute Gasteiger partial charge is 0.340 e. The third-order valence-corrected chi connectivity index (χ3v) is 5.10. The van der Waals surface area contributed by atoms with Gasteiger partial charge in [0, 0.05) is 36.3 Å². The van der Waals surface area contributed by atoms with Crippen LogP contribution in [0.1, 0.15) is 44.8 Å². The lowest BCUT2D eigenvalue weighted by atomic mass is 10.1. The molecule has 25 heavy (non-hydrogen) atoms. The number of nitrogens with zero attached hydrogens (tertiary/aromatic N) is 4. The molecular formula is C20H27N5. The molecule has 1 aliphatic rings. The van der Waals surface area contributed by atoms with Gasteiger partial charge in [-0.25, -0.2) is 4.98 Å². The van der Waals surface area contributed by atoms with Crippen LogP contribution >= 0.6 is 0 Å². The van der Waals surface area contributed by atoms with E-state index in [2.05, 4.69) is 57.7 Å². The molecule has 0 aliphatic carbocycles. The lowest BCUT2D eigenvalue weighted by molar-refractivity contribution is 0.231. The number of aromatic amines is 1. The van der Waals surface area contributed by atoms with Crippen LogP contribution in [0, 0.1) is 0 Å². The van der Waals surface area contributed by atoms with Crippen molar-refractivity contribution in [2.75, 3.05) is 19.6 Å². The number of benzene rings is 1. The van der Waals surface area contributed by atoms with E-state index in [9.17, 15) is 0 Å². The molecule has 5 heteroatoms. The zero-order chi connectivity index (χ0) is 17.2. The summed E-state index contributed by atoms with van der Waals surface area (Å²) in [4.78, 5) is 10.7. The SMILES string of the molecule is CC(C)n1nc(-c2ncc(CCN3CCCCC3)[nH]2)c2ccccc21. The number of imidazole rings is 1. The Kier molecular flexibility index (Phi) is 4.57. The van der Waals surface area contributed by atoms with Crippen molar-refractivity contribution >= 4 is 10.9 Å². The van der Waals surface area contributed by atoms with E-state index in [4.69, 9.17) is 5.10 Å². The van der Waals surface area contributed by atoms with Crippen LogP contribution in [0.15, 0.2) is 30.5 Å². The van der Waals surface area contributed by atoms with Gasteiger partial charge in [-0.2, -0.15) is 5.10 Å². The molecule has 0 spiro atoms. The lowest BCUT2D eigenvalue weighted by Gasteiger charge is -2.25. The fourth-order valence-corrected chi connectivity index (χ4v) is 3.73. The van der Waals surface area contributed by atoms with Gasteiger partial charge in [-0.3, -0.25) is 4.68 Å². The Morgan fingerprint density at radius 2 is 1.92 bits per heavy atom. The molecule has 3 heterocycles. The van der Waals surface area contributed by atoms with Crippen molar-refractivity contribution in [2.45, 2.75) is 45.6 Å². The van der Waals surface area contributed by atoms with Crippen molar-refractivity contribution in [3.05, 3.63) is 36.2 Å². The fourth-order valence-electron chi connectivity index (χ4n) is 3.73. The van der Waals surface area contributed by atoms with E-state index in [0.29, 0.717) is 6.04 Å². The minimum absolute atomic E-state index is 0.326. The van der Waals surface area contributed by atoms with Gasteiger partial charge in [-0.15, -0.1) is 0 Å². The van der Waals surface area contributed by atoms with Crippen LogP contribution in [-0.4, -0.2) is 44.3 Å². The summed E-state index contributed by atoms with van der Waals surface area (Å²) < 4.78 is 2.08. The van der Waals surface area contributed by atoms with Gasteiger partial charge in [0.25, 0.3) is 0 Å². The number of aromatic nitrogens is 4. The number of piperidine rings is 1. The van der Waals surface area contributed by atoms with Crippen LogP contribution in [-0.2, 0) is 6.42 Å². The number of hydrogen-bond donors (Lipinski definition) is 1. The monoisotopic (exact) mass is 337 g/mol. The first-order valence-corrected chi connectivity index (χ1v) is 9.46. The molecule has 1 fully saturated rings. The summed E-state index contributed by atoms with van der Waals surface area (Å²) in [7, 11) is 0. The molecular weight excluding hydrogens is 310 g/mol. The zero-order valence-electron chi connectivity index (χ0n) is 15.2. The second kappa shape index (κ2) is 7.00. The molecule has 1 aromatic carbocycles. The van der Waals surface area contributed by atoms with Crippen molar-refractivity contribution < 1.29 is 0 Å². The quantitative estimate of drug-likeness (QED) is 0.764. The van der Waals surface area contributed by atoms with Crippen LogP contribution in [0.25, 0.3) is 22.4 Å². The summed E-state index contributed by atoms with van der Waals surface area (Å²) >= 11 is 0. The molecule has 1 N–H and O–H groups in total. The molecule has 0 saturated carbocycles. The molecule has 0 radical (unpaired) electrons. The standard InChI is InChI=1S/C20H27N5/c1-15(2)25-18-9-5-4-8-17(18)19(23-25)20-21-14-16(22-20)10-13-24-11-6-3-7-12-24/h4-5,8-9,14-15H,3,6-7,10-13H2,1-2H3,(H,21,22). The molecule has 0 unspecified atom stereocenters. The summed E-state index contributed by atoms with van der Waals surface area (Å²) in [6.45, 7) is 7.92. The molecule has 4 rings (SSSR count). The van der Waals surface area contributed by atoms with Gasteiger partial charge in [0.05, 0.1) is 5.52 Å². The highest BCUT2D eigenvalue weighted by Gasteiger charge is 2.16. The smallest absolute Gasteiger partial charge is 0.158 e. The summed E-state index contributed by atoms with van der Waals surface area (Å²) in [5, 5.41) is 6.00. The van der Waals surface area contributed by atoms with E-state index >= 15 is 0 Å². The number of H-pyrrole nitrogens is 1. The first-order valence-electron chi connectivity index (χ1n) is 9.46. The number of nitrogens with one attached hydrogen (secondary N) is 1. The van der Waals surface area contributed by atoms with Gasteiger partial charge in [-0.1, -0.05) is 24.6 Å². The van der Waals surface area contributed by atoms with Gasteiger partial charge in [0.1, 0.15) is 5.69 Å². The topological polar surface area (TPSA) is 49.7 Å². The second-order valence-corrected chi connectivity index (χ2v) is 7.31. The van der Waals surface area contributed by atoms with E-state index in [-0.39, 0.29) is 0 Å². The maximum atomic E-state index is 4.83. The molecule has 0 atom stereocenters. The van der Waals surface area contributed by atoms with Crippen LogP contribution in [0.2, 0.25) is 0 Å². The van der Waals surface area contributed by atoms with E-state index in [0.717, 1.165) is 29.9 Å². The van der Waals surface area contributed by atoms with E-state index in [1.165, 1.54) is 43.6 Å². The van der Waals surface area contributed by atoms with Crippen molar-refractivity contribution in [1.82, 2.24) is 24.6 Å². The van der Waals surface area contributed by atoms with Crippen molar-refractivity contribution in [2.24, 2.45) is 0 Å². The number of fused-ring (bicyclic) bond motifs is 1. The Morgan fingerprint density at radius 3 is 2.72 bits per heavy atom. The molecule has 0 bridgehead atoms. The summed E-state index contributed by atoms with van der Waals surface area (Å²) in [6.07, 6.45) is 7.06. The number of hydrogen-bond acceptors (Lipinski definition) is 3. The van der Waals surface area contributed by atoms with Gasteiger partial charge in [0.15, 0.2) is 5.82 Å². The highest BCUT2D eigenvalue weighted by molar-refractivity contribution is 5.91.